The monoisotopic (exact) mass is 355 g/mol. The second kappa shape index (κ2) is 5.64. The van der Waals surface area contributed by atoms with Crippen LogP contribution < -0.4 is 0 Å². The molecule has 0 amide bonds. The van der Waals surface area contributed by atoms with E-state index in [1.165, 1.54) is 20.9 Å². The van der Waals surface area contributed by atoms with Crippen molar-refractivity contribution in [1.82, 2.24) is 0 Å². The number of nitro benzene ring substituents is 1. The first-order valence-corrected chi connectivity index (χ1v) is 9.12. The van der Waals surface area contributed by atoms with E-state index in [1.54, 1.807) is 23.5 Å². The van der Waals surface area contributed by atoms with Gasteiger partial charge in [-0.2, -0.15) is 0 Å². The van der Waals surface area contributed by atoms with Gasteiger partial charge < -0.3 is 0 Å². The molecule has 0 atom stereocenters. The van der Waals surface area contributed by atoms with Gasteiger partial charge in [0.25, 0.3) is 5.69 Å². The standard InChI is InChI=1S/C22H13NO2S/c24-23(25)19-11-5-3-9-16(19)18-13-14-7-1-2-8-15(14)21-17-10-4-6-12-20(17)26-22(18)21/h1-13H. The Hall–Kier alpha value is -3.24. The molecule has 5 aromatic rings. The van der Waals surface area contributed by atoms with Gasteiger partial charge in [0.05, 0.1) is 10.5 Å². The summed E-state index contributed by atoms with van der Waals surface area (Å²) < 4.78 is 2.29. The summed E-state index contributed by atoms with van der Waals surface area (Å²) in [5, 5.41) is 16.2. The SMILES string of the molecule is O=[N+]([O-])c1ccccc1-c1cc2ccccc2c2c1sc1ccccc12. The molecule has 5 rings (SSSR count). The molecule has 0 spiro atoms. The molecule has 4 aromatic carbocycles. The van der Waals surface area contributed by atoms with Crippen molar-refractivity contribution in [1.29, 1.82) is 0 Å². The second-order valence-corrected chi connectivity index (χ2v) is 7.27. The van der Waals surface area contributed by atoms with Gasteiger partial charge in [0, 0.05) is 31.8 Å². The van der Waals surface area contributed by atoms with Gasteiger partial charge in [0.1, 0.15) is 0 Å². The molecule has 0 saturated heterocycles. The lowest BCUT2D eigenvalue weighted by Gasteiger charge is -2.08. The molecule has 0 radical (unpaired) electrons. The fourth-order valence-electron chi connectivity index (χ4n) is 3.63. The average Bonchev–Trinajstić information content (AvgIpc) is 3.07. The van der Waals surface area contributed by atoms with E-state index in [-0.39, 0.29) is 10.6 Å². The maximum Gasteiger partial charge on any atom is 0.277 e. The third-order valence-electron chi connectivity index (χ3n) is 4.76. The highest BCUT2D eigenvalue weighted by Gasteiger charge is 2.20. The maximum absolute atomic E-state index is 11.6. The van der Waals surface area contributed by atoms with Crippen molar-refractivity contribution < 1.29 is 4.92 Å². The minimum atomic E-state index is -0.302. The van der Waals surface area contributed by atoms with E-state index < -0.39 is 0 Å². The first-order valence-electron chi connectivity index (χ1n) is 8.31. The minimum absolute atomic E-state index is 0.140. The Morgan fingerprint density at radius 1 is 0.769 bits per heavy atom. The van der Waals surface area contributed by atoms with E-state index in [9.17, 15) is 10.1 Å². The lowest BCUT2D eigenvalue weighted by atomic mass is 9.96. The predicted molar refractivity (Wildman–Crippen MR) is 109 cm³/mol. The number of nitrogens with zero attached hydrogens (tertiary/aromatic N) is 1. The van der Waals surface area contributed by atoms with Gasteiger partial charge in [-0.15, -0.1) is 11.3 Å². The van der Waals surface area contributed by atoms with E-state index >= 15 is 0 Å². The largest absolute Gasteiger partial charge is 0.277 e. The number of fused-ring (bicyclic) bond motifs is 5. The van der Waals surface area contributed by atoms with Crippen molar-refractivity contribution in [2.45, 2.75) is 0 Å². The molecule has 3 nitrogen and oxygen atoms in total. The van der Waals surface area contributed by atoms with E-state index in [0.717, 1.165) is 15.6 Å². The number of hydrogen-bond acceptors (Lipinski definition) is 3. The summed E-state index contributed by atoms with van der Waals surface area (Å²) in [6.07, 6.45) is 0. The van der Waals surface area contributed by atoms with Crippen LogP contribution in [0, 0.1) is 10.1 Å². The van der Waals surface area contributed by atoms with Crippen LogP contribution in [0.1, 0.15) is 0 Å². The van der Waals surface area contributed by atoms with Crippen molar-refractivity contribution in [3.8, 4) is 11.1 Å². The van der Waals surface area contributed by atoms with Gasteiger partial charge in [-0.05, 0) is 29.0 Å². The van der Waals surface area contributed by atoms with E-state index in [4.69, 9.17) is 0 Å². The number of nitro groups is 1. The molecule has 0 aliphatic rings. The van der Waals surface area contributed by atoms with Gasteiger partial charge in [0.15, 0.2) is 0 Å². The van der Waals surface area contributed by atoms with Crippen molar-refractivity contribution in [2.75, 3.05) is 0 Å². The van der Waals surface area contributed by atoms with Gasteiger partial charge in [-0.3, -0.25) is 10.1 Å². The molecule has 4 heteroatoms. The first kappa shape index (κ1) is 15.0. The van der Waals surface area contributed by atoms with Crippen LogP contribution in [0.15, 0.2) is 78.9 Å². The third kappa shape index (κ3) is 2.13. The molecule has 0 saturated carbocycles. The zero-order valence-corrected chi connectivity index (χ0v) is 14.5. The Kier molecular flexibility index (Phi) is 3.27. The van der Waals surface area contributed by atoms with E-state index in [0.29, 0.717) is 5.56 Å². The number of para-hydroxylation sites is 1. The van der Waals surface area contributed by atoms with Crippen LogP contribution in [0.25, 0.3) is 42.1 Å². The normalized spacial score (nSPS) is 11.4. The van der Waals surface area contributed by atoms with Crippen molar-refractivity contribution in [2.24, 2.45) is 0 Å². The van der Waals surface area contributed by atoms with Crippen LogP contribution >= 0.6 is 11.3 Å². The Balaban J connectivity index is 2.02. The summed E-state index contributed by atoms with van der Waals surface area (Å²) in [6, 6.07) is 25.6. The third-order valence-corrected chi connectivity index (χ3v) is 5.97. The number of hydrogen-bond donors (Lipinski definition) is 0. The molecular formula is C22H13NO2S. The number of rotatable bonds is 2. The quantitative estimate of drug-likeness (QED) is 0.259. The highest BCUT2D eigenvalue weighted by atomic mass is 32.1. The average molecular weight is 355 g/mol. The van der Waals surface area contributed by atoms with Crippen LogP contribution in [0.3, 0.4) is 0 Å². The lowest BCUT2D eigenvalue weighted by Crippen LogP contribution is -1.92. The predicted octanol–water partition coefficient (Wildman–Crippen LogP) is 6.78. The summed E-state index contributed by atoms with van der Waals surface area (Å²) in [4.78, 5) is 11.3. The zero-order chi connectivity index (χ0) is 17.7. The Morgan fingerprint density at radius 3 is 2.31 bits per heavy atom. The molecule has 124 valence electrons. The zero-order valence-electron chi connectivity index (χ0n) is 13.7. The topological polar surface area (TPSA) is 43.1 Å². The van der Waals surface area contributed by atoms with Crippen LogP contribution in [0.4, 0.5) is 5.69 Å². The molecule has 0 bridgehead atoms. The maximum atomic E-state index is 11.6. The van der Waals surface area contributed by atoms with Gasteiger partial charge in [-0.1, -0.05) is 54.6 Å². The highest BCUT2D eigenvalue weighted by molar-refractivity contribution is 7.26. The Labute approximate surface area is 153 Å². The lowest BCUT2D eigenvalue weighted by molar-refractivity contribution is -0.384. The number of thiophene rings is 1. The molecule has 0 N–H and O–H groups in total. The summed E-state index contributed by atoms with van der Waals surface area (Å²) >= 11 is 1.70. The summed E-state index contributed by atoms with van der Waals surface area (Å²) in [5.74, 6) is 0. The van der Waals surface area contributed by atoms with E-state index in [2.05, 4.69) is 30.3 Å². The smallest absolute Gasteiger partial charge is 0.258 e. The molecule has 1 heterocycles. The van der Waals surface area contributed by atoms with Crippen LogP contribution in [-0.2, 0) is 0 Å². The van der Waals surface area contributed by atoms with Crippen molar-refractivity contribution in [3.05, 3.63) is 89.0 Å². The summed E-state index contributed by atoms with van der Waals surface area (Å²) in [6.45, 7) is 0. The van der Waals surface area contributed by atoms with Crippen molar-refractivity contribution >= 4 is 48.0 Å². The fraction of sp³-hybridized carbons (Fsp3) is 0. The minimum Gasteiger partial charge on any atom is -0.258 e. The van der Waals surface area contributed by atoms with Gasteiger partial charge in [-0.25, -0.2) is 0 Å². The summed E-state index contributed by atoms with van der Waals surface area (Å²) in [7, 11) is 0. The Bertz CT molecular complexity index is 1320. The number of benzene rings is 4. The first-order chi connectivity index (χ1) is 12.7. The van der Waals surface area contributed by atoms with Gasteiger partial charge >= 0.3 is 0 Å². The molecule has 0 unspecified atom stereocenters. The second-order valence-electron chi connectivity index (χ2n) is 6.22. The van der Waals surface area contributed by atoms with Gasteiger partial charge in [0.2, 0.25) is 0 Å². The molecule has 26 heavy (non-hydrogen) atoms. The van der Waals surface area contributed by atoms with Crippen LogP contribution in [0.2, 0.25) is 0 Å². The Morgan fingerprint density at radius 2 is 1.46 bits per heavy atom. The highest BCUT2D eigenvalue weighted by Crippen LogP contribution is 2.45. The van der Waals surface area contributed by atoms with E-state index in [1.807, 2.05) is 36.4 Å². The molecule has 0 aliphatic carbocycles. The molecule has 1 aromatic heterocycles. The molecule has 0 aliphatic heterocycles. The molecular weight excluding hydrogens is 342 g/mol. The fourth-order valence-corrected chi connectivity index (χ4v) is 4.88. The van der Waals surface area contributed by atoms with Crippen LogP contribution in [0.5, 0.6) is 0 Å². The molecule has 0 fully saturated rings. The van der Waals surface area contributed by atoms with Crippen LogP contribution in [-0.4, -0.2) is 4.92 Å². The summed E-state index contributed by atoms with van der Waals surface area (Å²) in [5.41, 5.74) is 1.73. The van der Waals surface area contributed by atoms with Crippen molar-refractivity contribution in [3.63, 3.8) is 0 Å².